The second kappa shape index (κ2) is 17.2. The van der Waals surface area contributed by atoms with Crippen LogP contribution in [0, 0.1) is 5.92 Å². The van der Waals surface area contributed by atoms with Gasteiger partial charge in [0.05, 0.1) is 17.3 Å². The molecule has 12 nitrogen and oxygen atoms in total. The molecule has 0 spiro atoms. The number of fused-ring (bicyclic) bond motifs is 4. The largest absolute Gasteiger partial charge is 0.462 e. The summed E-state index contributed by atoms with van der Waals surface area (Å²) in [6.07, 6.45) is 5.73. The van der Waals surface area contributed by atoms with Gasteiger partial charge in [-0.15, -0.1) is 0 Å². The third-order valence-electron chi connectivity index (χ3n) is 8.55. The molecule has 2 aliphatic heterocycles. The molecule has 48 heavy (non-hydrogen) atoms. The minimum absolute atomic E-state index is 0.0446. The Morgan fingerprint density at radius 1 is 1.02 bits per heavy atom. The van der Waals surface area contributed by atoms with Crippen LogP contribution in [0.2, 0.25) is 0 Å². The van der Waals surface area contributed by atoms with Gasteiger partial charge in [0, 0.05) is 24.8 Å². The topological polar surface area (TPSA) is 156 Å². The molecule has 4 rings (SSSR count). The van der Waals surface area contributed by atoms with E-state index >= 15 is 0 Å². The van der Waals surface area contributed by atoms with Gasteiger partial charge in [-0.25, -0.2) is 5.43 Å². The predicted molar refractivity (Wildman–Crippen MR) is 181 cm³/mol. The van der Waals surface area contributed by atoms with Gasteiger partial charge in [0.25, 0.3) is 11.8 Å². The van der Waals surface area contributed by atoms with Gasteiger partial charge in [-0.2, -0.15) is 0 Å². The molecule has 1 saturated heterocycles. The number of nitrogens with one attached hydrogen (secondary N) is 3. The Bertz CT molecular complexity index is 1510. The second-order valence-corrected chi connectivity index (χ2v) is 13.0. The van der Waals surface area contributed by atoms with E-state index in [-0.39, 0.29) is 43.1 Å². The molecule has 0 radical (unpaired) electrons. The lowest BCUT2D eigenvalue weighted by Gasteiger charge is -2.35. The first-order chi connectivity index (χ1) is 22.9. The number of ether oxygens (including phenoxy) is 2. The minimum Gasteiger partial charge on any atom is -0.462 e. The maximum atomic E-state index is 13.3. The summed E-state index contributed by atoms with van der Waals surface area (Å²) in [6, 6.07) is 7.86. The van der Waals surface area contributed by atoms with E-state index in [1.807, 2.05) is 56.3 Å². The Labute approximate surface area is 282 Å². The number of cyclic esters (lactones) is 1. The molecule has 1 unspecified atom stereocenters. The highest BCUT2D eigenvalue weighted by Crippen LogP contribution is 2.21. The van der Waals surface area contributed by atoms with Crippen molar-refractivity contribution in [3.63, 3.8) is 0 Å². The van der Waals surface area contributed by atoms with Crippen molar-refractivity contribution in [3.05, 3.63) is 47.7 Å². The molecule has 12 heteroatoms. The smallest absolute Gasteiger partial charge is 0.306 e. The highest BCUT2D eigenvalue weighted by molar-refractivity contribution is 5.91. The van der Waals surface area contributed by atoms with Crippen molar-refractivity contribution in [1.29, 1.82) is 0 Å². The Balaban J connectivity index is 1.59. The Kier molecular flexibility index (Phi) is 13.1. The van der Waals surface area contributed by atoms with E-state index in [4.69, 9.17) is 14.5 Å². The first-order valence-electron chi connectivity index (χ1n) is 17.1. The van der Waals surface area contributed by atoms with Gasteiger partial charge in [0.15, 0.2) is 6.10 Å². The number of allylic oxidation sites excluding steroid dienone is 1. The van der Waals surface area contributed by atoms with E-state index < -0.39 is 42.1 Å². The number of hydrogen-bond acceptors (Lipinski definition) is 9. The minimum atomic E-state index is -1.12. The fraction of sp³-hybridized carbons (Fsp3) is 0.556. The number of benzene rings is 1. The van der Waals surface area contributed by atoms with Gasteiger partial charge in [-0.05, 0) is 76.0 Å². The van der Waals surface area contributed by atoms with E-state index in [1.54, 1.807) is 20.8 Å². The van der Waals surface area contributed by atoms with Crippen molar-refractivity contribution in [2.75, 3.05) is 6.54 Å². The lowest BCUT2D eigenvalue weighted by molar-refractivity contribution is -0.161. The first-order valence-corrected chi connectivity index (χ1v) is 17.1. The van der Waals surface area contributed by atoms with E-state index in [1.165, 1.54) is 5.01 Å². The van der Waals surface area contributed by atoms with Crippen LogP contribution < -0.4 is 16.1 Å². The molecule has 260 valence electrons. The molecule has 5 bridgehead atoms. The number of nitrogens with zero attached hydrogens (tertiary/aromatic N) is 2. The molecule has 0 aliphatic carbocycles. The van der Waals surface area contributed by atoms with Gasteiger partial charge in [-0.3, -0.25) is 34.0 Å². The number of carbonyl (C=O) groups excluding carboxylic acids is 5. The third kappa shape index (κ3) is 10.1. The Hall–Kier alpha value is -4.32. The number of aromatic nitrogens is 1. The summed E-state index contributed by atoms with van der Waals surface area (Å²) in [6.45, 7) is 9.19. The quantitative estimate of drug-likeness (QED) is 0.407. The molecule has 1 fully saturated rings. The zero-order chi connectivity index (χ0) is 34.8. The van der Waals surface area contributed by atoms with Gasteiger partial charge in [-0.1, -0.05) is 51.1 Å². The van der Waals surface area contributed by atoms with E-state index in [2.05, 4.69) is 16.1 Å². The average molecular weight is 664 g/mol. The number of esters is 2. The molecule has 1 aromatic heterocycles. The lowest BCUT2D eigenvalue weighted by atomic mass is 10.0. The fourth-order valence-corrected chi connectivity index (χ4v) is 5.79. The molecule has 0 saturated carbocycles. The normalized spacial score (nSPS) is 26.0. The van der Waals surface area contributed by atoms with Gasteiger partial charge in [0.1, 0.15) is 18.2 Å². The van der Waals surface area contributed by atoms with Crippen molar-refractivity contribution >= 4 is 46.6 Å². The first kappa shape index (κ1) is 36.5. The van der Waals surface area contributed by atoms with Gasteiger partial charge < -0.3 is 20.1 Å². The monoisotopic (exact) mass is 663 g/mol. The molecule has 3 N–H and O–H groups in total. The average Bonchev–Trinajstić information content (AvgIpc) is 3.06. The van der Waals surface area contributed by atoms with E-state index in [0.29, 0.717) is 44.3 Å². The molecular formula is C36H49N5O7. The Morgan fingerprint density at radius 2 is 1.77 bits per heavy atom. The van der Waals surface area contributed by atoms with E-state index in [0.717, 1.165) is 16.5 Å². The van der Waals surface area contributed by atoms with Crippen LogP contribution in [0.5, 0.6) is 0 Å². The zero-order valence-corrected chi connectivity index (χ0v) is 28.6. The highest BCUT2D eigenvalue weighted by atomic mass is 16.6. The molecule has 3 heterocycles. The fourth-order valence-electron chi connectivity index (χ4n) is 5.79. The highest BCUT2D eigenvalue weighted by Gasteiger charge is 2.34. The summed E-state index contributed by atoms with van der Waals surface area (Å²) in [5.41, 5.74) is 5.46. The number of hydrazine groups is 1. The summed E-state index contributed by atoms with van der Waals surface area (Å²) in [4.78, 5) is 70.0. The number of carbonyl (C=O) groups is 5. The maximum absolute atomic E-state index is 13.3. The summed E-state index contributed by atoms with van der Waals surface area (Å²) in [5, 5.41) is 8.03. The van der Waals surface area contributed by atoms with Crippen molar-refractivity contribution in [2.24, 2.45) is 5.92 Å². The van der Waals surface area contributed by atoms with Crippen LogP contribution in [0.15, 0.2) is 36.4 Å². The van der Waals surface area contributed by atoms with Gasteiger partial charge >= 0.3 is 11.9 Å². The van der Waals surface area contributed by atoms with Crippen molar-refractivity contribution < 1.29 is 33.4 Å². The summed E-state index contributed by atoms with van der Waals surface area (Å²) in [5.74, 6) is -2.53. The van der Waals surface area contributed by atoms with Crippen molar-refractivity contribution in [1.82, 2.24) is 26.1 Å². The standard InChI is InChI=1S/C36H49N5O7/c1-6-10-31(42)47-27-12-8-7-11-25-14-15-26-16-18-28(39-30(26)21-25)23(4)37-34(44)29-13-9-20-41(40-29)36(46)24(5)38-35(45)33(22(2)3)48-32(43)19-17-27/h7,11,14-16,18,21-24,27,29,33,40H,6,8-10,12-13,17,19-20H2,1-5H3,(H,37,44)(H,38,45)/b11-7+/t23-,24+,27+,29?,33+/m1/s1. The molecule has 2 aliphatic rings. The van der Waals surface area contributed by atoms with Gasteiger partial charge in [0.2, 0.25) is 5.91 Å². The van der Waals surface area contributed by atoms with Crippen LogP contribution in [-0.2, 0) is 33.4 Å². The molecule has 5 atom stereocenters. The predicted octanol–water partition coefficient (Wildman–Crippen LogP) is 4.28. The number of amides is 3. The number of pyridine rings is 1. The molecule has 1 aromatic carbocycles. The van der Waals surface area contributed by atoms with Crippen molar-refractivity contribution in [3.8, 4) is 0 Å². The number of rotatable bonds is 4. The van der Waals surface area contributed by atoms with Crippen LogP contribution in [0.1, 0.15) is 103 Å². The third-order valence-corrected chi connectivity index (χ3v) is 8.55. The van der Waals surface area contributed by atoms with E-state index in [9.17, 15) is 24.0 Å². The zero-order valence-electron chi connectivity index (χ0n) is 28.6. The van der Waals surface area contributed by atoms with Crippen LogP contribution in [0.4, 0.5) is 0 Å². The van der Waals surface area contributed by atoms with Crippen LogP contribution in [0.25, 0.3) is 17.0 Å². The number of hydrogen-bond donors (Lipinski definition) is 3. The summed E-state index contributed by atoms with van der Waals surface area (Å²) >= 11 is 0. The SMILES string of the molecule is CCCC(=O)O[C@H]1CC/C=C/c2ccc3ccc(nc3c2)[C@@H](C)NC(=O)C2CCCN(N2)C(=O)[C@H](C)NC(=O)[C@H](C(C)C)OC(=O)CC1. The summed E-state index contributed by atoms with van der Waals surface area (Å²) in [7, 11) is 0. The van der Waals surface area contributed by atoms with Crippen LogP contribution >= 0.6 is 0 Å². The van der Waals surface area contributed by atoms with Crippen LogP contribution in [0.3, 0.4) is 0 Å². The second-order valence-electron chi connectivity index (χ2n) is 13.0. The lowest BCUT2D eigenvalue weighted by Crippen LogP contribution is -2.61. The maximum Gasteiger partial charge on any atom is 0.306 e. The summed E-state index contributed by atoms with van der Waals surface area (Å²) < 4.78 is 11.3. The Morgan fingerprint density at radius 3 is 2.52 bits per heavy atom. The molecule has 2 aromatic rings. The van der Waals surface area contributed by atoms with Crippen LogP contribution in [-0.4, -0.2) is 70.5 Å². The molecular weight excluding hydrogens is 614 g/mol. The van der Waals surface area contributed by atoms with Crippen molar-refractivity contribution in [2.45, 2.75) is 116 Å². The molecule has 3 amide bonds.